The highest BCUT2D eigenvalue weighted by Crippen LogP contribution is 2.23. The molecule has 1 heterocycles. The molecule has 1 aliphatic rings. The summed E-state index contributed by atoms with van der Waals surface area (Å²) in [5.41, 5.74) is 2.23. The molecule has 2 N–H and O–H groups in total. The predicted octanol–water partition coefficient (Wildman–Crippen LogP) is 1.59. The number of aliphatic hydroxyl groups excluding tert-OH is 1. The summed E-state index contributed by atoms with van der Waals surface area (Å²) in [5.74, 6) is 0. The number of halogens is 1. The van der Waals surface area contributed by atoms with Crippen LogP contribution < -0.4 is 5.32 Å². The van der Waals surface area contributed by atoms with Crippen LogP contribution in [-0.4, -0.2) is 27.0 Å². The lowest BCUT2D eigenvalue weighted by molar-refractivity contribution is 0.0616. The molecule has 1 aromatic heterocycles. The van der Waals surface area contributed by atoms with Gasteiger partial charge in [-0.3, -0.25) is 4.68 Å². The highest BCUT2D eigenvalue weighted by Gasteiger charge is 2.27. The molecule has 90 valence electrons. The topological polar surface area (TPSA) is 50.1 Å². The first-order chi connectivity index (χ1) is 7.61. The van der Waals surface area contributed by atoms with Gasteiger partial charge in [0.25, 0.3) is 0 Å². The molecule has 1 saturated carbocycles. The van der Waals surface area contributed by atoms with Gasteiger partial charge in [-0.2, -0.15) is 5.10 Å². The maximum absolute atomic E-state index is 9.21. The summed E-state index contributed by atoms with van der Waals surface area (Å²) >= 11 is 3.57. The fraction of sp³-hybridized carbons (Fsp3) is 0.727. The lowest BCUT2D eigenvalue weighted by Gasteiger charge is -2.32. The SMILES string of the molecule is CCn1nc(C)c(Br)c1CNC1CC(O)C1. The number of hydrogen-bond acceptors (Lipinski definition) is 3. The predicted molar refractivity (Wildman–Crippen MR) is 66.2 cm³/mol. The van der Waals surface area contributed by atoms with Gasteiger partial charge in [-0.15, -0.1) is 0 Å². The van der Waals surface area contributed by atoms with Crippen molar-refractivity contribution in [1.29, 1.82) is 0 Å². The van der Waals surface area contributed by atoms with Crippen LogP contribution >= 0.6 is 15.9 Å². The zero-order valence-corrected chi connectivity index (χ0v) is 11.3. The molecule has 1 fully saturated rings. The van der Waals surface area contributed by atoms with E-state index in [1.54, 1.807) is 0 Å². The Morgan fingerprint density at radius 2 is 2.25 bits per heavy atom. The van der Waals surface area contributed by atoms with Crippen molar-refractivity contribution in [3.05, 3.63) is 15.9 Å². The third-order valence-electron chi connectivity index (χ3n) is 3.12. The lowest BCUT2D eigenvalue weighted by Crippen LogP contribution is -2.44. The highest BCUT2D eigenvalue weighted by atomic mass is 79.9. The third-order valence-corrected chi connectivity index (χ3v) is 4.16. The summed E-state index contributed by atoms with van der Waals surface area (Å²) in [6.07, 6.45) is 1.65. The molecule has 1 aromatic rings. The van der Waals surface area contributed by atoms with Crippen LogP contribution in [0.25, 0.3) is 0 Å². The summed E-state index contributed by atoms with van der Waals surface area (Å²) in [7, 11) is 0. The van der Waals surface area contributed by atoms with Gasteiger partial charge >= 0.3 is 0 Å². The minimum absolute atomic E-state index is 0.0984. The first-order valence-electron chi connectivity index (χ1n) is 5.75. The fourth-order valence-electron chi connectivity index (χ4n) is 2.03. The van der Waals surface area contributed by atoms with E-state index in [1.165, 1.54) is 5.69 Å². The van der Waals surface area contributed by atoms with Gasteiger partial charge in [-0.1, -0.05) is 0 Å². The van der Waals surface area contributed by atoms with E-state index in [0.717, 1.165) is 36.1 Å². The van der Waals surface area contributed by atoms with Gasteiger partial charge in [0.1, 0.15) is 0 Å². The lowest BCUT2D eigenvalue weighted by atomic mass is 9.89. The molecule has 16 heavy (non-hydrogen) atoms. The molecule has 0 amide bonds. The van der Waals surface area contributed by atoms with Crippen molar-refractivity contribution in [3.8, 4) is 0 Å². The van der Waals surface area contributed by atoms with E-state index >= 15 is 0 Å². The molecule has 2 rings (SSSR count). The van der Waals surface area contributed by atoms with Gasteiger partial charge in [0, 0.05) is 19.1 Å². The molecule has 0 saturated heterocycles. The fourth-order valence-corrected chi connectivity index (χ4v) is 2.46. The molecule has 0 atom stereocenters. The van der Waals surface area contributed by atoms with Crippen LogP contribution in [0.2, 0.25) is 0 Å². The van der Waals surface area contributed by atoms with Crippen LogP contribution in [0.1, 0.15) is 31.2 Å². The molecule has 0 unspecified atom stereocenters. The minimum Gasteiger partial charge on any atom is -0.393 e. The van der Waals surface area contributed by atoms with Crippen molar-refractivity contribution >= 4 is 15.9 Å². The number of aryl methyl sites for hydroxylation is 2. The molecule has 0 aliphatic heterocycles. The van der Waals surface area contributed by atoms with Crippen LogP contribution in [0.4, 0.5) is 0 Å². The van der Waals surface area contributed by atoms with Gasteiger partial charge < -0.3 is 10.4 Å². The van der Waals surface area contributed by atoms with Gasteiger partial charge in [-0.25, -0.2) is 0 Å². The smallest absolute Gasteiger partial charge is 0.0739 e. The maximum atomic E-state index is 9.21. The Morgan fingerprint density at radius 3 is 2.81 bits per heavy atom. The monoisotopic (exact) mass is 287 g/mol. The van der Waals surface area contributed by atoms with Crippen LogP contribution in [0.5, 0.6) is 0 Å². The van der Waals surface area contributed by atoms with Crippen molar-refractivity contribution in [1.82, 2.24) is 15.1 Å². The van der Waals surface area contributed by atoms with Crippen molar-refractivity contribution in [3.63, 3.8) is 0 Å². The largest absolute Gasteiger partial charge is 0.393 e. The Kier molecular flexibility index (Phi) is 3.66. The van der Waals surface area contributed by atoms with Gasteiger partial charge in [0.05, 0.1) is 22.0 Å². The van der Waals surface area contributed by atoms with Crippen molar-refractivity contribution in [2.24, 2.45) is 0 Å². The Bertz CT molecular complexity index is 372. The van der Waals surface area contributed by atoms with Crippen molar-refractivity contribution in [2.45, 2.75) is 51.9 Å². The second kappa shape index (κ2) is 4.85. The minimum atomic E-state index is -0.0984. The normalized spacial score (nSPS) is 24.5. The molecule has 0 bridgehead atoms. The van der Waals surface area contributed by atoms with Gasteiger partial charge in [-0.05, 0) is 42.6 Å². The molecule has 5 heteroatoms. The first kappa shape index (κ1) is 12.1. The van der Waals surface area contributed by atoms with E-state index in [9.17, 15) is 5.11 Å². The van der Waals surface area contributed by atoms with Crippen molar-refractivity contribution < 1.29 is 5.11 Å². The van der Waals surface area contributed by atoms with E-state index in [1.807, 2.05) is 11.6 Å². The molecule has 0 spiro atoms. The third kappa shape index (κ3) is 2.31. The number of hydrogen-bond donors (Lipinski definition) is 2. The number of aliphatic hydroxyl groups is 1. The second-order valence-electron chi connectivity index (χ2n) is 4.36. The molecule has 0 radical (unpaired) electrons. The van der Waals surface area contributed by atoms with E-state index in [4.69, 9.17) is 0 Å². The van der Waals surface area contributed by atoms with Crippen LogP contribution in [0.3, 0.4) is 0 Å². The van der Waals surface area contributed by atoms with E-state index in [-0.39, 0.29) is 6.10 Å². The molecule has 0 aromatic carbocycles. The average Bonchev–Trinajstić information content (AvgIpc) is 2.49. The number of nitrogens with zero attached hydrogens (tertiary/aromatic N) is 2. The number of aromatic nitrogens is 2. The average molecular weight is 288 g/mol. The van der Waals surface area contributed by atoms with Crippen LogP contribution in [0.15, 0.2) is 4.47 Å². The second-order valence-corrected chi connectivity index (χ2v) is 5.16. The summed E-state index contributed by atoms with van der Waals surface area (Å²) in [4.78, 5) is 0. The van der Waals surface area contributed by atoms with Gasteiger partial charge in [0.2, 0.25) is 0 Å². The first-order valence-corrected chi connectivity index (χ1v) is 6.54. The summed E-state index contributed by atoms with van der Waals surface area (Å²) < 4.78 is 3.11. The van der Waals surface area contributed by atoms with Gasteiger partial charge in [0.15, 0.2) is 0 Å². The number of rotatable bonds is 4. The standard InChI is InChI=1S/C11H18BrN3O/c1-3-15-10(11(12)7(2)14-15)6-13-8-4-9(16)5-8/h8-9,13,16H,3-6H2,1-2H3. The van der Waals surface area contributed by atoms with E-state index in [0.29, 0.717) is 6.04 Å². The summed E-state index contributed by atoms with van der Waals surface area (Å²) in [6.45, 7) is 5.80. The van der Waals surface area contributed by atoms with Crippen LogP contribution in [-0.2, 0) is 13.1 Å². The molecule has 1 aliphatic carbocycles. The zero-order chi connectivity index (χ0) is 11.7. The Labute approximate surface area is 104 Å². The molecule has 4 nitrogen and oxygen atoms in total. The van der Waals surface area contributed by atoms with Crippen molar-refractivity contribution in [2.75, 3.05) is 0 Å². The Balaban J connectivity index is 1.97. The van der Waals surface area contributed by atoms with E-state index < -0.39 is 0 Å². The Morgan fingerprint density at radius 1 is 1.56 bits per heavy atom. The van der Waals surface area contributed by atoms with Crippen LogP contribution in [0, 0.1) is 6.92 Å². The summed E-state index contributed by atoms with van der Waals surface area (Å²) in [6, 6.07) is 0.461. The molecular formula is C11H18BrN3O. The molecular weight excluding hydrogens is 270 g/mol. The Hall–Kier alpha value is -0.390. The quantitative estimate of drug-likeness (QED) is 0.884. The number of nitrogens with one attached hydrogen (secondary N) is 1. The zero-order valence-electron chi connectivity index (χ0n) is 9.70. The maximum Gasteiger partial charge on any atom is 0.0739 e. The highest BCUT2D eigenvalue weighted by molar-refractivity contribution is 9.10. The van der Waals surface area contributed by atoms with E-state index in [2.05, 4.69) is 33.3 Å². The summed E-state index contributed by atoms with van der Waals surface area (Å²) in [5, 5.41) is 17.1.